The first-order valence-corrected chi connectivity index (χ1v) is 8.05. The normalized spacial score (nSPS) is 23.1. The van der Waals surface area contributed by atoms with E-state index in [-0.39, 0.29) is 6.04 Å². The third-order valence-electron chi connectivity index (χ3n) is 3.33. The van der Waals surface area contributed by atoms with Gasteiger partial charge in [-0.25, -0.2) is 8.42 Å². The van der Waals surface area contributed by atoms with Crippen LogP contribution in [0.5, 0.6) is 0 Å². The lowest BCUT2D eigenvalue weighted by Crippen LogP contribution is -2.53. The maximum absolute atomic E-state index is 11.6. The fraction of sp³-hybridized carbons (Fsp3) is 0.538. The molecule has 1 aromatic carbocycles. The first-order chi connectivity index (χ1) is 8.47. The fourth-order valence-electron chi connectivity index (χ4n) is 2.49. The molecule has 1 atom stereocenters. The van der Waals surface area contributed by atoms with Gasteiger partial charge in [0.25, 0.3) is 0 Å². The lowest BCUT2D eigenvalue weighted by Gasteiger charge is -2.38. The molecule has 1 heterocycles. The Morgan fingerprint density at radius 3 is 2.44 bits per heavy atom. The van der Waals surface area contributed by atoms with E-state index in [1.54, 1.807) is 4.31 Å². The number of piperazine rings is 1. The van der Waals surface area contributed by atoms with E-state index in [0.717, 1.165) is 19.6 Å². The van der Waals surface area contributed by atoms with Crippen LogP contribution in [0.3, 0.4) is 0 Å². The van der Waals surface area contributed by atoms with Crippen molar-refractivity contribution in [3.63, 3.8) is 0 Å². The highest BCUT2D eigenvalue weighted by atomic mass is 32.2. The van der Waals surface area contributed by atoms with E-state index in [4.69, 9.17) is 0 Å². The zero-order valence-electron chi connectivity index (χ0n) is 10.9. The molecule has 2 rings (SSSR count). The standard InChI is InChI=1S/C13H20N2O2S/c1-12-10-14(8-9-15(12)18(2,16)17)11-13-6-4-3-5-7-13/h3-7,12H,8-11H2,1-2H3. The van der Waals surface area contributed by atoms with Gasteiger partial charge in [0.2, 0.25) is 10.0 Å². The van der Waals surface area contributed by atoms with Crippen molar-refractivity contribution < 1.29 is 8.42 Å². The van der Waals surface area contributed by atoms with Gasteiger partial charge in [-0.3, -0.25) is 4.90 Å². The van der Waals surface area contributed by atoms with E-state index in [1.165, 1.54) is 11.8 Å². The summed E-state index contributed by atoms with van der Waals surface area (Å²) in [6, 6.07) is 10.3. The average molecular weight is 268 g/mol. The third kappa shape index (κ3) is 3.31. The molecule has 0 N–H and O–H groups in total. The van der Waals surface area contributed by atoms with Crippen LogP contribution in [0.2, 0.25) is 0 Å². The molecule has 0 radical (unpaired) electrons. The van der Waals surface area contributed by atoms with Gasteiger partial charge in [-0.2, -0.15) is 4.31 Å². The zero-order chi connectivity index (χ0) is 13.2. The first-order valence-electron chi connectivity index (χ1n) is 6.20. The van der Waals surface area contributed by atoms with Crippen LogP contribution in [0.25, 0.3) is 0 Å². The smallest absolute Gasteiger partial charge is 0.211 e. The van der Waals surface area contributed by atoms with Crippen LogP contribution >= 0.6 is 0 Å². The molecule has 1 fully saturated rings. The minimum atomic E-state index is -3.06. The molecule has 0 amide bonds. The first kappa shape index (κ1) is 13.5. The summed E-state index contributed by atoms with van der Waals surface area (Å²) in [7, 11) is -3.06. The summed E-state index contributed by atoms with van der Waals surface area (Å²) in [5.41, 5.74) is 1.28. The van der Waals surface area contributed by atoms with Gasteiger partial charge >= 0.3 is 0 Å². The zero-order valence-corrected chi connectivity index (χ0v) is 11.7. The number of nitrogens with zero attached hydrogens (tertiary/aromatic N) is 2. The van der Waals surface area contributed by atoms with Gasteiger partial charge in [0.15, 0.2) is 0 Å². The van der Waals surface area contributed by atoms with E-state index in [0.29, 0.717) is 6.54 Å². The van der Waals surface area contributed by atoms with Crippen molar-refractivity contribution in [1.82, 2.24) is 9.21 Å². The summed E-state index contributed by atoms with van der Waals surface area (Å²) in [4.78, 5) is 2.31. The molecule has 1 aliphatic heterocycles. The number of hydrogen-bond acceptors (Lipinski definition) is 3. The highest BCUT2D eigenvalue weighted by Crippen LogP contribution is 2.15. The number of benzene rings is 1. The lowest BCUT2D eigenvalue weighted by molar-refractivity contribution is 0.138. The van der Waals surface area contributed by atoms with Crippen LogP contribution in [0.4, 0.5) is 0 Å². The average Bonchev–Trinajstić information content (AvgIpc) is 2.28. The van der Waals surface area contributed by atoms with Gasteiger partial charge in [0.05, 0.1) is 6.26 Å². The quantitative estimate of drug-likeness (QED) is 0.826. The molecular formula is C13H20N2O2S. The molecule has 18 heavy (non-hydrogen) atoms. The molecule has 5 heteroatoms. The molecule has 4 nitrogen and oxygen atoms in total. The Hall–Kier alpha value is -0.910. The topological polar surface area (TPSA) is 40.6 Å². The Morgan fingerprint density at radius 2 is 1.89 bits per heavy atom. The van der Waals surface area contributed by atoms with E-state index in [2.05, 4.69) is 17.0 Å². The lowest BCUT2D eigenvalue weighted by atomic mass is 10.1. The summed E-state index contributed by atoms with van der Waals surface area (Å²) in [6.07, 6.45) is 1.29. The Kier molecular flexibility index (Phi) is 4.04. The van der Waals surface area contributed by atoms with Crippen molar-refractivity contribution in [1.29, 1.82) is 0 Å². The maximum atomic E-state index is 11.6. The minimum Gasteiger partial charge on any atom is -0.296 e. The molecule has 0 aromatic heterocycles. The summed E-state index contributed by atoms with van der Waals surface area (Å²) in [5.74, 6) is 0. The maximum Gasteiger partial charge on any atom is 0.211 e. The van der Waals surface area contributed by atoms with Crippen LogP contribution in [0, 0.1) is 0 Å². The Balaban J connectivity index is 1.97. The van der Waals surface area contributed by atoms with Crippen molar-refractivity contribution in [2.24, 2.45) is 0 Å². The van der Waals surface area contributed by atoms with Crippen LogP contribution < -0.4 is 0 Å². The molecule has 0 aliphatic carbocycles. The van der Waals surface area contributed by atoms with Crippen molar-refractivity contribution in [3.05, 3.63) is 35.9 Å². The van der Waals surface area contributed by atoms with Gasteiger partial charge in [-0.05, 0) is 12.5 Å². The highest BCUT2D eigenvalue weighted by molar-refractivity contribution is 7.88. The Morgan fingerprint density at radius 1 is 1.22 bits per heavy atom. The van der Waals surface area contributed by atoms with Gasteiger partial charge in [0, 0.05) is 32.2 Å². The summed E-state index contributed by atoms with van der Waals surface area (Å²) in [5, 5.41) is 0. The molecule has 0 saturated carbocycles. The van der Waals surface area contributed by atoms with Crippen LogP contribution in [0.15, 0.2) is 30.3 Å². The number of sulfonamides is 1. The van der Waals surface area contributed by atoms with Crippen molar-refractivity contribution >= 4 is 10.0 Å². The molecule has 1 aliphatic rings. The van der Waals surface area contributed by atoms with E-state index < -0.39 is 10.0 Å². The fourth-order valence-corrected chi connectivity index (χ4v) is 3.63. The number of hydrogen-bond donors (Lipinski definition) is 0. The van der Waals surface area contributed by atoms with E-state index in [1.807, 2.05) is 25.1 Å². The predicted octanol–water partition coefficient (Wildman–Crippen LogP) is 1.15. The van der Waals surface area contributed by atoms with Crippen LogP contribution in [-0.4, -0.2) is 49.6 Å². The molecule has 100 valence electrons. The van der Waals surface area contributed by atoms with Crippen LogP contribution in [0.1, 0.15) is 12.5 Å². The Labute approximate surface area is 109 Å². The second-order valence-electron chi connectivity index (χ2n) is 4.94. The minimum absolute atomic E-state index is 0.0532. The van der Waals surface area contributed by atoms with Gasteiger partial charge in [0.1, 0.15) is 0 Å². The second kappa shape index (κ2) is 5.38. The predicted molar refractivity (Wildman–Crippen MR) is 72.7 cm³/mol. The van der Waals surface area contributed by atoms with Crippen LogP contribution in [-0.2, 0) is 16.6 Å². The largest absolute Gasteiger partial charge is 0.296 e. The Bertz CT molecular complexity index is 487. The molecule has 1 aromatic rings. The number of rotatable bonds is 3. The summed E-state index contributed by atoms with van der Waals surface area (Å²) < 4.78 is 24.7. The van der Waals surface area contributed by atoms with Crippen molar-refractivity contribution in [2.45, 2.75) is 19.5 Å². The second-order valence-corrected chi connectivity index (χ2v) is 6.88. The van der Waals surface area contributed by atoms with E-state index in [9.17, 15) is 8.42 Å². The monoisotopic (exact) mass is 268 g/mol. The molecule has 1 unspecified atom stereocenters. The van der Waals surface area contributed by atoms with Crippen molar-refractivity contribution in [2.75, 3.05) is 25.9 Å². The SMILES string of the molecule is CC1CN(Cc2ccccc2)CCN1S(C)(=O)=O. The van der Waals surface area contributed by atoms with Crippen molar-refractivity contribution in [3.8, 4) is 0 Å². The molecule has 0 spiro atoms. The van der Waals surface area contributed by atoms with Gasteiger partial charge in [-0.15, -0.1) is 0 Å². The third-order valence-corrected chi connectivity index (χ3v) is 4.72. The van der Waals surface area contributed by atoms with E-state index >= 15 is 0 Å². The summed E-state index contributed by atoms with van der Waals surface area (Å²) >= 11 is 0. The van der Waals surface area contributed by atoms with Gasteiger partial charge in [-0.1, -0.05) is 30.3 Å². The molecular weight excluding hydrogens is 248 g/mol. The highest BCUT2D eigenvalue weighted by Gasteiger charge is 2.29. The summed E-state index contributed by atoms with van der Waals surface area (Å²) in [6.45, 7) is 5.04. The van der Waals surface area contributed by atoms with Gasteiger partial charge < -0.3 is 0 Å². The molecule has 0 bridgehead atoms. The molecule has 1 saturated heterocycles.